The van der Waals surface area contributed by atoms with Gasteiger partial charge >= 0.3 is 0 Å². The average molecular weight is 197 g/mol. The number of rotatable bonds is 4. The monoisotopic (exact) mass is 197 g/mol. The number of ether oxygens (including phenoxy) is 1. The number of fused-ring (bicyclic) bond motifs is 2. The first-order valence-electron chi connectivity index (χ1n) is 6.18. The molecule has 2 aliphatic rings. The van der Waals surface area contributed by atoms with Gasteiger partial charge < -0.3 is 10.5 Å². The van der Waals surface area contributed by atoms with E-state index in [-0.39, 0.29) is 0 Å². The third kappa shape index (κ3) is 2.12. The fourth-order valence-electron chi connectivity index (χ4n) is 3.05. The van der Waals surface area contributed by atoms with Crippen molar-refractivity contribution in [3.8, 4) is 0 Å². The Morgan fingerprint density at radius 3 is 2.43 bits per heavy atom. The molecule has 2 rings (SSSR count). The van der Waals surface area contributed by atoms with E-state index < -0.39 is 0 Å². The van der Waals surface area contributed by atoms with E-state index in [9.17, 15) is 0 Å². The maximum Gasteiger partial charge on any atom is 0.0581 e. The highest BCUT2D eigenvalue weighted by Gasteiger charge is 2.40. The highest BCUT2D eigenvalue weighted by atomic mass is 16.5. The Morgan fingerprint density at radius 1 is 1.21 bits per heavy atom. The first-order chi connectivity index (χ1) is 6.81. The predicted octanol–water partition coefficient (Wildman–Crippen LogP) is 2.32. The van der Waals surface area contributed by atoms with Crippen molar-refractivity contribution < 1.29 is 4.74 Å². The van der Waals surface area contributed by atoms with Crippen LogP contribution in [0.1, 0.15) is 45.4 Å². The molecule has 4 atom stereocenters. The molecular formula is C12H23NO. The van der Waals surface area contributed by atoms with Gasteiger partial charge in [-0.25, -0.2) is 0 Å². The van der Waals surface area contributed by atoms with Crippen molar-refractivity contribution >= 4 is 0 Å². The lowest BCUT2D eigenvalue weighted by molar-refractivity contribution is 0.00298. The highest BCUT2D eigenvalue weighted by molar-refractivity contribution is 4.95. The zero-order valence-corrected chi connectivity index (χ0v) is 9.24. The summed E-state index contributed by atoms with van der Waals surface area (Å²) >= 11 is 0. The maximum atomic E-state index is 6.15. The van der Waals surface area contributed by atoms with E-state index in [1.54, 1.807) is 0 Å². The second-order valence-electron chi connectivity index (χ2n) is 4.99. The molecule has 2 fully saturated rings. The minimum atomic E-state index is 0.487. The van der Waals surface area contributed by atoms with Crippen molar-refractivity contribution in [2.75, 3.05) is 6.61 Å². The van der Waals surface area contributed by atoms with Gasteiger partial charge in [0.2, 0.25) is 0 Å². The SMILES string of the molecule is CCCCO[C@@H]1C[C@H]2CC[C@@H](C1)[C@@H]2N. The molecule has 2 heteroatoms. The van der Waals surface area contributed by atoms with Crippen LogP contribution >= 0.6 is 0 Å². The van der Waals surface area contributed by atoms with Gasteiger partial charge in [0.1, 0.15) is 0 Å². The molecule has 0 unspecified atom stereocenters. The Labute approximate surface area is 87.2 Å². The van der Waals surface area contributed by atoms with Crippen molar-refractivity contribution in [3.05, 3.63) is 0 Å². The standard InChI is InChI=1S/C12H23NO/c1-2-3-6-14-11-7-9-4-5-10(8-11)12(9)13/h9-12H,2-8,13H2,1H3/t9-,10+,11-,12-. The zero-order valence-electron chi connectivity index (χ0n) is 9.24. The van der Waals surface area contributed by atoms with Crippen molar-refractivity contribution in [2.45, 2.75) is 57.6 Å². The van der Waals surface area contributed by atoms with Gasteiger partial charge in [-0.3, -0.25) is 0 Å². The van der Waals surface area contributed by atoms with Gasteiger partial charge in [-0.05, 0) is 43.9 Å². The first kappa shape index (κ1) is 10.4. The molecule has 0 heterocycles. The number of hydrogen-bond acceptors (Lipinski definition) is 2. The molecule has 82 valence electrons. The normalized spacial score (nSPS) is 41.6. The molecule has 0 aromatic carbocycles. The summed E-state index contributed by atoms with van der Waals surface area (Å²) in [6, 6.07) is 0.487. The Kier molecular flexibility index (Phi) is 3.45. The average Bonchev–Trinajstić information content (AvgIpc) is 2.41. The van der Waals surface area contributed by atoms with Gasteiger partial charge in [0, 0.05) is 12.6 Å². The van der Waals surface area contributed by atoms with Crippen molar-refractivity contribution in [1.29, 1.82) is 0 Å². The second kappa shape index (κ2) is 4.63. The summed E-state index contributed by atoms with van der Waals surface area (Å²) in [4.78, 5) is 0. The first-order valence-corrected chi connectivity index (χ1v) is 6.18. The summed E-state index contributed by atoms with van der Waals surface area (Å²) in [6.07, 6.45) is 8.11. The third-order valence-electron chi connectivity index (χ3n) is 3.98. The highest BCUT2D eigenvalue weighted by Crippen LogP contribution is 2.42. The molecule has 2 saturated carbocycles. The van der Waals surface area contributed by atoms with Crippen LogP contribution in [0.3, 0.4) is 0 Å². The molecule has 0 saturated heterocycles. The van der Waals surface area contributed by atoms with Crippen molar-refractivity contribution in [1.82, 2.24) is 0 Å². The van der Waals surface area contributed by atoms with Crippen LogP contribution in [0.2, 0.25) is 0 Å². The van der Waals surface area contributed by atoms with Gasteiger partial charge in [-0.15, -0.1) is 0 Å². The molecule has 0 spiro atoms. The lowest BCUT2D eigenvalue weighted by atomic mass is 9.83. The van der Waals surface area contributed by atoms with E-state index in [1.807, 2.05) is 0 Å². The van der Waals surface area contributed by atoms with E-state index >= 15 is 0 Å². The molecule has 2 bridgehead atoms. The molecule has 0 amide bonds. The molecule has 2 aliphatic carbocycles. The Bertz CT molecular complexity index is 169. The van der Waals surface area contributed by atoms with Crippen LogP contribution in [-0.4, -0.2) is 18.8 Å². The van der Waals surface area contributed by atoms with E-state index in [1.165, 1.54) is 38.5 Å². The van der Waals surface area contributed by atoms with Gasteiger partial charge in [-0.2, -0.15) is 0 Å². The van der Waals surface area contributed by atoms with Crippen LogP contribution in [0.15, 0.2) is 0 Å². The largest absolute Gasteiger partial charge is 0.378 e. The van der Waals surface area contributed by atoms with E-state index in [2.05, 4.69) is 6.92 Å². The molecule has 0 aliphatic heterocycles. The van der Waals surface area contributed by atoms with Gasteiger partial charge in [-0.1, -0.05) is 13.3 Å². The number of unbranched alkanes of at least 4 members (excludes halogenated alkanes) is 1. The van der Waals surface area contributed by atoms with Crippen LogP contribution in [0, 0.1) is 11.8 Å². The fraction of sp³-hybridized carbons (Fsp3) is 1.00. The summed E-state index contributed by atoms with van der Waals surface area (Å²) in [5.41, 5.74) is 6.15. The molecule has 2 N–H and O–H groups in total. The number of hydrogen-bond donors (Lipinski definition) is 1. The van der Waals surface area contributed by atoms with Crippen LogP contribution in [0.5, 0.6) is 0 Å². The van der Waals surface area contributed by atoms with Crippen molar-refractivity contribution in [3.63, 3.8) is 0 Å². The summed E-state index contributed by atoms with van der Waals surface area (Å²) in [5.74, 6) is 1.53. The van der Waals surface area contributed by atoms with Crippen LogP contribution < -0.4 is 5.73 Å². The third-order valence-corrected chi connectivity index (χ3v) is 3.98. The summed E-state index contributed by atoms with van der Waals surface area (Å²) in [5, 5.41) is 0. The smallest absolute Gasteiger partial charge is 0.0581 e. The molecule has 0 aromatic rings. The summed E-state index contributed by atoms with van der Waals surface area (Å²) in [7, 11) is 0. The summed E-state index contributed by atoms with van der Waals surface area (Å²) < 4.78 is 5.90. The van der Waals surface area contributed by atoms with Crippen LogP contribution in [0.25, 0.3) is 0 Å². The van der Waals surface area contributed by atoms with Crippen molar-refractivity contribution in [2.24, 2.45) is 17.6 Å². The van der Waals surface area contributed by atoms with E-state index in [0.717, 1.165) is 18.4 Å². The molecule has 0 radical (unpaired) electrons. The van der Waals surface area contributed by atoms with E-state index in [0.29, 0.717) is 12.1 Å². The number of nitrogens with two attached hydrogens (primary N) is 1. The van der Waals surface area contributed by atoms with Gasteiger partial charge in [0.05, 0.1) is 6.10 Å². The predicted molar refractivity (Wildman–Crippen MR) is 58.1 cm³/mol. The fourth-order valence-corrected chi connectivity index (χ4v) is 3.05. The zero-order chi connectivity index (χ0) is 9.97. The quantitative estimate of drug-likeness (QED) is 0.702. The lowest BCUT2D eigenvalue weighted by Crippen LogP contribution is -2.40. The van der Waals surface area contributed by atoms with Gasteiger partial charge in [0.25, 0.3) is 0 Å². The molecule has 2 nitrogen and oxygen atoms in total. The minimum absolute atomic E-state index is 0.487. The van der Waals surface area contributed by atoms with Gasteiger partial charge in [0.15, 0.2) is 0 Å². The topological polar surface area (TPSA) is 35.2 Å². The lowest BCUT2D eigenvalue weighted by Gasteiger charge is -2.32. The Morgan fingerprint density at radius 2 is 1.86 bits per heavy atom. The molecular weight excluding hydrogens is 174 g/mol. The Balaban J connectivity index is 1.76. The van der Waals surface area contributed by atoms with Crippen LogP contribution in [0.4, 0.5) is 0 Å². The molecule has 14 heavy (non-hydrogen) atoms. The second-order valence-corrected chi connectivity index (χ2v) is 4.99. The maximum absolute atomic E-state index is 6.15. The summed E-state index contributed by atoms with van der Waals surface area (Å²) in [6.45, 7) is 3.17. The minimum Gasteiger partial charge on any atom is -0.378 e. The van der Waals surface area contributed by atoms with Crippen LogP contribution in [-0.2, 0) is 4.74 Å². The molecule has 0 aromatic heterocycles. The van der Waals surface area contributed by atoms with E-state index in [4.69, 9.17) is 10.5 Å². The Hall–Kier alpha value is -0.0800.